The van der Waals surface area contributed by atoms with Crippen LogP contribution in [0.3, 0.4) is 0 Å². The van der Waals surface area contributed by atoms with Gasteiger partial charge in [0, 0.05) is 12.2 Å². The molecule has 1 aliphatic rings. The summed E-state index contributed by atoms with van der Waals surface area (Å²) in [6, 6.07) is 9.92. The van der Waals surface area contributed by atoms with E-state index in [0.717, 1.165) is 5.56 Å². The fraction of sp³-hybridized carbons (Fsp3) is 0.222. The maximum absolute atomic E-state index is 12.7. The number of amides is 1. The molecule has 0 aromatic heterocycles. The number of carbonyl (C=O) groups excluding carboxylic acids is 1. The first-order valence-corrected chi connectivity index (χ1v) is 9.30. The van der Waals surface area contributed by atoms with Crippen LogP contribution in [-0.4, -0.2) is 34.9 Å². The smallest absolute Gasteiger partial charge is 0.294 e. The summed E-state index contributed by atoms with van der Waals surface area (Å²) in [7, 11) is 0. The Hall–Kier alpha value is -3.04. The van der Waals surface area contributed by atoms with Crippen molar-refractivity contribution in [1.29, 1.82) is 0 Å². The van der Waals surface area contributed by atoms with Crippen LogP contribution in [0.2, 0.25) is 10.0 Å². The van der Waals surface area contributed by atoms with E-state index in [1.54, 1.807) is 36.4 Å². The summed E-state index contributed by atoms with van der Waals surface area (Å²) in [5, 5.41) is 13.1. The lowest BCUT2D eigenvalue weighted by Gasteiger charge is -2.20. The second-order valence-corrected chi connectivity index (χ2v) is 7.04. The van der Waals surface area contributed by atoms with Gasteiger partial charge in [-0.05, 0) is 23.3 Å². The Morgan fingerprint density at radius 3 is 2.48 bits per heavy atom. The van der Waals surface area contributed by atoms with E-state index in [-0.39, 0.29) is 18.9 Å². The zero-order chi connectivity index (χ0) is 21.0. The van der Waals surface area contributed by atoms with E-state index in [4.69, 9.17) is 28.9 Å². The minimum Gasteiger partial charge on any atom is -0.399 e. The topological polar surface area (TPSA) is 123 Å². The number of hydrogen-bond donors (Lipinski definition) is 2. The molecule has 0 unspecified atom stereocenters. The SMILES string of the molecule is Nc1cc(Cl)c(NC2=NCCN2C(=O)Cc2ccc(CO[N+](=O)[O-])cc2)c(Cl)c1. The Bertz CT molecular complexity index is 942. The Balaban J connectivity index is 1.65. The summed E-state index contributed by atoms with van der Waals surface area (Å²) < 4.78 is 0. The van der Waals surface area contributed by atoms with Crippen LogP contribution in [0.1, 0.15) is 11.1 Å². The lowest BCUT2D eigenvalue weighted by Crippen LogP contribution is -2.39. The molecular weight excluding hydrogens is 421 g/mol. The highest BCUT2D eigenvalue weighted by atomic mass is 35.5. The highest BCUT2D eigenvalue weighted by Crippen LogP contribution is 2.33. The van der Waals surface area contributed by atoms with E-state index in [1.807, 2.05) is 0 Å². The van der Waals surface area contributed by atoms with Crippen molar-refractivity contribution in [3.05, 3.63) is 67.7 Å². The van der Waals surface area contributed by atoms with Crippen molar-refractivity contribution < 1.29 is 14.7 Å². The average Bonchev–Trinajstić information content (AvgIpc) is 3.12. The maximum Gasteiger partial charge on any atom is 0.294 e. The van der Waals surface area contributed by atoms with Gasteiger partial charge in [-0.25, -0.2) is 0 Å². The normalized spacial score (nSPS) is 13.2. The lowest BCUT2D eigenvalue weighted by atomic mass is 10.1. The van der Waals surface area contributed by atoms with Gasteiger partial charge in [0.2, 0.25) is 11.9 Å². The van der Waals surface area contributed by atoms with Gasteiger partial charge in [0.15, 0.2) is 0 Å². The van der Waals surface area contributed by atoms with Gasteiger partial charge in [-0.1, -0.05) is 47.5 Å². The van der Waals surface area contributed by atoms with E-state index in [0.29, 0.717) is 46.0 Å². The van der Waals surface area contributed by atoms with Gasteiger partial charge in [-0.3, -0.25) is 14.7 Å². The van der Waals surface area contributed by atoms with E-state index >= 15 is 0 Å². The molecule has 0 atom stereocenters. The molecule has 1 amide bonds. The second-order valence-electron chi connectivity index (χ2n) is 6.23. The molecule has 2 aromatic rings. The lowest BCUT2D eigenvalue weighted by molar-refractivity contribution is -0.763. The molecule has 9 nitrogen and oxygen atoms in total. The van der Waals surface area contributed by atoms with Crippen LogP contribution in [0.5, 0.6) is 0 Å². The van der Waals surface area contributed by atoms with Crippen LogP contribution in [-0.2, 0) is 22.7 Å². The number of guanidine groups is 1. The minimum atomic E-state index is -0.849. The van der Waals surface area contributed by atoms with Crippen LogP contribution >= 0.6 is 23.2 Å². The van der Waals surface area contributed by atoms with Crippen molar-refractivity contribution in [2.24, 2.45) is 4.99 Å². The predicted octanol–water partition coefficient (Wildman–Crippen LogP) is 3.14. The van der Waals surface area contributed by atoms with Crippen LogP contribution in [0.15, 0.2) is 41.4 Å². The summed E-state index contributed by atoms with van der Waals surface area (Å²) >= 11 is 12.4. The standard InChI is InChI=1S/C18H17Cl2N5O4/c19-14-8-13(21)9-15(20)17(14)23-18-22-5-6-24(18)16(26)7-11-1-3-12(4-2-11)10-29-25(27)28/h1-4,8-9H,5-7,10,21H2,(H,22,23). The number of nitrogen functional groups attached to an aromatic ring is 1. The Morgan fingerprint density at radius 1 is 1.24 bits per heavy atom. The number of anilines is 2. The molecule has 0 bridgehead atoms. The summed E-state index contributed by atoms with van der Waals surface area (Å²) in [6.07, 6.45) is 0.139. The minimum absolute atomic E-state index is 0.139. The Kier molecular flexibility index (Phi) is 6.40. The molecule has 0 radical (unpaired) electrons. The van der Waals surface area contributed by atoms with Crippen LogP contribution < -0.4 is 11.1 Å². The first-order chi connectivity index (χ1) is 13.8. The molecule has 0 saturated heterocycles. The van der Waals surface area contributed by atoms with Crippen molar-refractivity contribution in [1.82, 2.24) is 4.90 Å². The Morgan fingerprint density at radius 2 is 1.86 bits per heavy atom. The average molecular weight is 438 g/mol. The third-order valence-electron chi connectivity index (χ3n) is 4.16. The van der Waals surface area contributed by atoms with Crippen molar-refractivity contribution in [3.8, 4) is 0 Å². The summed E-state index contributed by atoms with van der Waals surface area (Å²) in [4.78, 5) is 33.1. The summed E-state index contributed by atoms with van der Waals surface area (Å²) in [6.45, 7) is 0.743. The Labute approximate surface area is 176 Å². The third-order valence-corrected chi connectivity index (χ3v) is 4.75. The zero-order valence-corrected chi connectivity index (χ0v) is 16.6. The van der Waals surface area contributed by atoms with Crippen LogP contribution in [0.4, 0.5) is 11.4 Å². The van der Waals surface area contributed by atoms with E-state index < -0.39 is 5.09 Å². The number of benzene rings is 2. The van der Waals surface area contributed by atoms with Gasteiger partial charge in [0.25, 0.3) is 5.09 Å². The molecule has 2 aromatic carbocycles. The molecule has 1 aliphatic heterocycles. The van der Waals surface area contributed by atoms with E-state index in [9.17, 15) is 14.9 Å². The largest absolute Gasteiger partial charge is 0.399 e. The van der Waals surface area contributed by atoms with Gasteiger partial charge in [-0.2, -0.15) is 0 Å². The van der Waals surface area contributed by atoms with Gasteiger partial charge < -0.3 is 15.9 Å². The van der Waals surface area contributed by atoms with Gasteiger partial charge in [0.1, 0.15) is 6.61 Å². The van der Waals surface area contributed by atoms with Crippen molar-refractivity contribution in [2.45, 2.75) is 13.0 Å². The highest BCUT2D eigenvalue weighted by Gasteiger charge is 2.25. The van der Waals surface area contributed by atoms with Crippen molar-refractivity contribution in [2.75, 3.05) is 24.1 Å². The fourth-order valence-electron chi connectivity index (χ4n) is 2.77. The maximum atomic E-state index is 12.7. The van der Waals surface area contributed by atoms with E-state index in [1.165, 1.54) is 4.90 Å². The predicted molar refractivity (Wildman–Crippen MR) is 110 cm³/mol. The monoisotopic (exact) mass is 437 g/mol. The molecule has 11 heteroatoms. The molecule has 3 N–H and O–H groups in total. The quantitative estimate of drug-likeness (QED) is 0.406. The van der Waals surface area contributed by atoms with Crippen LogP contribution in [0, 0.1) is 10.1 Å². The highest BCUT2D eigenvalue weighted by molar-refractivity contribution is 6.40. The molecule has 0 saturated carbocycles. The van der Waals surface area contributed by atoms with Crippen molar-refractivity contribution in [3.63, 3.8) is 0 Å². The summed E-state index contributed by atoms with van der Waals surface area (Å²) in [5.74, 6) is 0.199. The molecule has 0 fully saturated rings. The summed E-state index contributed by atoms with van der Waals surface area (Å²) in [5.41, 5.74) is 7.96. The molecular formula is C18H17Cl2N5O4. The number of nitrogens with one attached hydrogen (secondary N) is 1. The molecule has 0 spiro atoms. The number of nitrogens with zero attached hydrogens (tertiary/aromatic N) is 3. The molecule has 1 heterocycles. The fourth-order valence-corrected chi connectivity index (χ4v) is 3.37. The van der Waals surface area contributed by atoms with Crippen molar-refractivity contribution >= 4 is 46.4 Å². The first-order valence-electron chi connectivity index (χ1n) is 8.55. The van der Waals surface area contributed by atoms with Gasteiger partial charge in [-0.15, -0.1) is 10.1 Å². The number of halogens is 2. The number of nitrogens with two attached hydrogens (primary N) is 1. The second kappa shape index (κ2) is 8.97. The molecule has 0 aliphatic carbocycles. The number of hydrogen-bond acceptors (Lipinski definition) is 7. The molecule has 29 heavy (non-hydrogen) atoms. The molecule has 3 rings (SSSR count). The first kappa shape index (κ1) is 20.7. The van der Waals surface area contributed by atoms with Gasteiger partial charge >= 0.3 is 0 Å². The number of aliphatic imine (C=N–C) groups is 1. The number of carbonyl (C=O) groups is 1. The van der Waals surface area contributed by atoms with Crippen LogP contribution in [0.25, 0.3) is 0 Å². The molecule has 152 valence electrons. The van der Waals surface area contributed by atoms with E-state index in [2.05, 4.69) is 15.1 Å². The zero-order valence-electron chi connectivity index (χ0n) is 15.1. The number of rotatable bonds is 6. The third kappa shape index (κ3) is 5.27. The van der Waals surface area contributed by atoms with Gasteiger partial charge in [0.05, 0.1) is 28.7 Å².